The molecule has 0 radical (unpaired) electrons. The molecule has 0 heterocycles. The lowest BCUT2D eigenvalue weighted by molar-refractivity contribution is 0.0668. The van der Waals surface area contributed by atoms with Gasteiger partial charge in [-0.2, -0.15) is 0 Å². The molecule has 0 aliphatic rings. The number of benzene rings is 1. The quantitative estimate of drug-likeness (QED) is 0.497. The van der Waals surface area contributed by atoms with Crippen LogP contribution in [0.2, 0.25) is 0 Å². The van der Waals surface area contributed by atoms with E-state index in [0.717, 1.165) is 18.5 Å². The summed E-state index contributed by atoms with van der Waals surface area (Å²) in [6.45, 7) is 6.59. The summed E-state index contributed by atoms with van der Waals surface area (Å²) >= 11 is 0. The number of hydrogen-bond donors (Lipinski definition) is 3. The van der Waals surface area contributed by atoms with E-state index in [9.17, 15) is 5.11 Å². The van der Waals surface area contributed by atoms with Crippen LogP contribution in [0.15, 0.2) is 18.2 Å². The maximum Gasteiger partial charge on any atom is 0.161 e. The fraction of sp³-hybridized carbons (Fsp3) is 0.667. The highest BCUT2D eigenvalue weighted by molar-refractivity contribution is 5.43. The molecule has 0 aliphatic heterocycles. The number of nitrogens with one attached hydrogen (secondary N) is 1. The smallest absolute Gasteiger partial charge is 0.161 e. The average molecular weight is 340 g/mol. The number of rotatable bonds is 12. The number of methoxy groups -OCH3 is 1. The predicted molar refractivity (Wildman–Crippen MR) is 95.7 cm³/mol. The summed E-state index contributed by atoms with van der Waals surface area (Å²) < 4.78 is 11.1. The standard InChI is InChI=1S/C18H32N2O4/c1-14(2)20(3)12-16(22)13-24-18-10-15(6-7-17(18)23-4)11-19-8-5-9-21/h6-7,10,14,16,19,21-22H,5,8-9,11-13H2,1-4H3. The van der Waals surface area contributed by atoms with Crippen molar-refractivity contribution in [2.24, 2.45) is 0 Å². The van der Waals surface area contributed by atoms with Crippen molar-refractivity contribution in [3.8, 4) is 11.5 Å². The molecular weight excluding hydrogens is 308 g/mol. The van der Waals surface area contributed by atoms with Gasteiger partial charge in [0.15, 0.2) is 11.5 Å². The van der Waals surface area contributed by atoms with Crippen molar-refractivity contribution < 1.29 is 19.7 Å². The largest absolute Gasteiger partial charge is 0.493 e. The lowest BCUT2D eigenvalue weighted by atomic mass is 10.2. The third kappa shape index (κ3) is 7.49. The maximum atomic E-state index is 10.1. The number of aliphatic hydroxyl groups excluding tert-OH is 2. The van der Waals surface area contributed by atoms with Crippen LogP contribution in [0.25, 0.3) is 0 Å². The molecule has 3 N–H and O–H groups in total. The van der Waals surface area contributed by atoms with E-state index < -0.39 is 6.10 Å². The van der Waals surface area contributed by atoms with Gasteiger partial charge in [0.25, 0.3) is 0 Å². The molecule has 6 nitrogen and oxygen atoms in total. The number of aliphatic hydroxyl groups is 2. The van der Waals surface area contributed by atoms with Crippen LogP contribution in [0.1, 0.15) is 25.8 Å². The van der Waals surface area contributed by atoms with Gasteiger partial charge < -0.3 is 29.9 Å². The van der Waals surface area contributed by atoms with Crippen molar-refractivity contribution in [2.75, 3.05) is 40.5 Å². The summed E-state index contributed by atoms with van der Waals surface area (Å²) in [6.07, 6.45) is 0.170. The third-order valence-electron chi connectivity index (χ3n) is 3.88. The Hall–Kier alpha value is -1.34. The van der Waals surface area contributed by atoms with Crippen LogP contribution in [-0.4, -0.2) is 67.7 Å². The van der Waals surface area contributed by atoms with Crippen LogP contribution in [0, 0.1) is 0 Å². The van der Waals surface area contributed by atoms with Crippen LogP contribution < -0.4 is 14.8 Å². The predicted octanol–water partition coefficient (Wildman–Crippen LogP) is 1.25. The van der Waals surface area contributed by atoms with Crippen LogP contribution in [0.4, 0.5) is 0 Å². The van der Waals surface area contributed by atoms with E-state index in [2.05, 4.69) is 24.1 Å². The number of nitrogens with zero attached hydrogens (tertiary/aromatic N) is 1. The Bertz CT molecular complexity index is 468. The van der Waals surface area contributed by atoms with E-state index in [1.807, 2.05) is 25.2 Å². The van der Waals surface area contributed by atoms with Crippen molar-refractivity contribution in [1.29, 1.82) is 0 Å². The van der Waals surface area contributed by atoms with Crippen molar-refractivity contribution in [3.63, 3.8) is 0 Å². The minimum absolute atomic E-state index is 0.187. The summed E-state index contributed by atoms with van der Waals surface area (Å²) in [7, 11) is 3.58. The van der Waals surface area contributed by atoms with Gasteiger partial charge in [0.05, 0.1) is 7.11 Å². The molecule has 1 unspecified atom stereocenters. The average Bonchev–Trinajstić information content (AvgIpc) is 2.56. The zero-order valence-electron chi connectivity index (χ0n) is 15.3. The van der Waals surface area contributed by atoms with E-state index in [-0.39, 0.29) is 13.2 Å². The minimum Gasteiger partial charge on any atom is -0.493 e. The van der Waals surface area contributed by atoms with Gasteiger partial charge in [-0.15, -0.1) is 0 Å². The molecular formula is C18H32N2O4. The van der Waals surface area contributed by atoms with Gasteiger partial charge in [-0.25, -0.2) is 0 Å². The molecule has 0 fully saturated rings. The molecule has 1 aromatic rings. The van der Waals surface area contributed by atoms with Crippen molar-refractivity contribution in [1.82, 2.24) is 10.2 Å². The van der Waals surface area contributed by atoms with Crippen molar-refractivity contribution >= 4 is 0 Å². The Morgan fingerprint density at radius 2 is 2.00 bits per heavy atom. The zero-order chi connectivity index (χ0) is 17.9. The Balaban J connectivity index is 2.57. The molecule has 0 aromatic heterocycles. The molecule has 0 saturated carbocycles. The highest BCUT2D eigenvalue weighted by Gasteiger charge is 2.13. The zero-order valence-corrected chi connectivity index (χ0v) is 15.3. The second-order valence-corrected chi connectivity index (χ2v) is 6.24. The lowest BCUT2D eigenvalue weighted by Gasteiger charge is -2.24. The van der Waals surface area contributed by atoms with Crippen LogP contribution in [0.3, 0.4) is 0 Å². The molecule has 0 saturated heterocycles. The molecule has 6 heteroatoms. The van der Waals surface area contributed by atoms with E-state index in [1.54, 1.807) is 7.11 Å². The summed E-state index contributed by atoms with van der Waals surface area (Å²) in [5.74, 6) is 1.28. The van der Waals surface area contributed by atoms with Crippen molar-refractivity contribution in [3.05, 3.63) is 23.8 Å². The first-order valence-electron chi connectivity index (χ1n) is 8.47. The van der Waals surface area contributed by atoms with E-state index in [4.69, 9.17) is 14.6 Å². The first-order chi connectivity index (χ1) is 11.5. The Kier molecular flexibility index (Phi) is 9.71. The van der Waals surface area contributed by atoms with Gasteiger partial charge in [-0.05, 0) is 51.6 Å². The Morgan fingerprint density at radius 1 is 1.25 bits per heavy atom. The number of hydrogen-bond acceptors (Lipinski definition) is 6. The SMILES string of the molecule is COc1ccc(CNCCCO)cc1OCC(O)CN(C)C(C)C. The molecule has 0 bridgehead atoms. The highest BCUT2D eigenvalue weighted by Crippen LogP contribution is 2.28. The molecule has 0 amide bonds. The van der Waals surface area contributed by atoms with Crippen LogP contribution in [-0.2, 0) is 6.54 Å². The van der Waals surface area contributed by atoms with E-state index in [1.165, 1.54) is 0 Å². The molecule has 0 spiro atoms. The van der Waals surface area contributed by atoms with Crippen molar-refractivity contribution in [2.45, 2.75) is 39.0 Å². The van der Waals surface area contributed by atoms with Gasteiger partial charge in [0.2, 0.25) is 0 Å². The number of ether oxygens (including phenoxy) is 2. The van der Waals surface area contributed by atoms with E-state index in [0.29, 0.717) is 30.6 Å². The first-order valence-corrected chi connectivity index (χ1v) is 8.47. The van der Waals surface area contributed by atoms with Gasteiger partial charge in [0, 0.05) is 25.7 Å². The summed E-state index contributed by atoms with van der Waals surface area (Å²) in [4.78, 5) is 2.08. The third-order valence-corrected chi connectivity index (χ3v) is 3.88. The van der Waals surface area contributed by atoms with E-state index >= 15 is 0 Å². The lowest BCUT2D eigenvalue weighted by Crippen LogP contribution is -2.37. The fourth-order valence-electron chi connectivity index (χ4n) is 2.16. The molecule has 138 valence electrons. The molecule has 0 aliphatic carbocycles. The van der Waals surface area contributed by atoms with Gasteiger partial charge in [0.1, 0.15) is 12.7 Å². The summed E-state index contributed by atoms with van der Waals surface area (Å²) in [6, 6.07) is 6.14. The fourth-order valence-corrected chi connectivity index (χ4v) is 2.16. The molecule has 1 atom stereocenters. The van der Waals surface area contributed by atoms with Crippen LogP contribution >= 0.6 is 0 Å². The summed E-state index contributed by atoms with van der Waals surface area (Å²) in [5.41, 5.74) is 1.07. The molecule has 1 aromatic carbocycles. The summed E-state index contributed by atoms with van der Waals surface area (Å²) in [5, 5.41) is 22.2. The van der Waals surface area contributed by atoms with Gasteiger partial charge in [-0.1, -0.05) is 6.07 Å². The Morgan fingerprint density at radius 3 is 2.62 bits per heavy atom. The Labute approximate surface area is 145 Å². The van der Waals surface area contributed by atoms with Gasteiger partial charge >= 0.3 is 0 Å². The number of likely N-dealkylation sites (N-methyl/N-ethyl adjacent to an activating group) is 1. The molecule has 24 heavy (non-hydrogen) atoms. The highest BCUT2D eigenvalue weighted by atomic mass is 16.5. The normalized spacial score (nSPS) is 12.7. The second kappa shape index (κ2) is 11.3. The van der Waals surface area contributed by atoms with Gasteiger partial charge in [-0.3, -0.25) is 0 Å². The first kappa shape index (κ1) is 20.7. The topological polar surface area (TPSA) is 74.2 Å². The minimum atomic E-state index is -0.562. The van der Waals surface area contributed by atoms with Crippen LogP contribution in [0.5, 0.6) is 11.5 Å². The second-order valence-electron chi connectivity index (χ2n) is 6.24. The maximum absolute atomic E-state index is 10.1. The molecule has 1 rings (SSSR count). The monoisotopic (exact) mass is 340 g/mol.